The first-order chi connectivity index (χ1) is 17.8. The van der Waals surface area contributed by atoms with Crippen molar-refractivity contribution in [1.82, 2.24) is 19.8 Å². The third-order valence-corrected chi connectivity index (χ3v) is 9.63. The maximum atomic E-state index is 13.1. The van der Waals surface area contributed by atoms with E-state index in [-0.39, 0.29) is 46.8 Å². The van der Waals surface area contributed by atoms with Crippen molar-refractivity contribution in [2.75, 3.05) is 32.2 Å². The number of rotatable bonds is 5. The molecule has 0 saturated carbocycles. The summed E-state index contributed by atoms with van der Waals surface area (Å²) in [6.07, 6.45) is 0.390. The zero-order chi connectivity index (χ0) is 27.8. The van der Waals surface area contributed by atoms with Crippen molar-refractivity contribution in [3.05, 3.63) is 45.8 Å². The van der Waals surface area contributed by atoms with Gasteiger partial charge in [0.25, 0.3) is 11.8 Å². The number of urea groups is 1. The van der Waals surface area contributed by atoms with Crippen molar-refractivity contribution < 1.29 is 32.3 Å². The van der Waals surface area contributed by atoms with Gasteiger partial charge in [0.1, 0.15) is 11.7 Å². The fraction of sp³-hybridized carbons (Fsp3) is 0.417. The lowest BCUT2D eigenvalue weighted by molar-refractivity contribution is -0.129. The molecule has 5 amide bonds. The van der Waals surface area contributed by atoms with Gasteiger partial charge in [-0.05, 0) is 50.1 Å². The fourth-order valence-corrected chi connectivity index (χ4v) is 7.24. The summed E-state index contributed by atoms with van der Waals surface area (Å²) in [4.78, 5) is 52.1. The normalized spacial score (nSPS) is 17.0. The van der Waals surface area contributed by atoms with Crippen LogP contribution in [-0.2, 0) is 32.5 Å². The molecule has 1 aromatic heterocycles. The second-order valence-electron chi connectivity index (χ2n) is 9.55. The highest BCUT2D eigenvalue weighted by molar-refractivity contribution is 7.89. The minimum Gasteiger partial charge on any atom is -0.363 e. The SMILES string of the molecule is CNC(=O)NC(=O)c1c(NC(=O)c2ccc(S(=O)(=O)N3COCC3(C)C)cc2)sc2c1CCN(C(C)=O)C2. The van der Waals surface area contributed by atoms with Gasteiger partial charge in [0.15, 0.2) is 0 Å². The van der Waals surface area contributed by atoms with Gasteiger partial charge in [0, 0.05) is 31.0 Å². The first kappa shape index (κ1) is 27.7. The topological polar surface area (TPSA) is 154 Å². The van der Waals surface area contributed by atoms with Gasteiger partial charge in [-0.3, -0.25) is 19.7 Å². The van der Waals surface area contributed by atoms with Crippen LogP contribution in [0.3, 0.4) is 0 Å². The van der Waals surface area contributed by atoms with Crippen molar-refractivity contribution in [1.29, 1.82) is 0 Å². The van der Waals surface area contributed by atoms with E-state index in [0.29, 0.717) is 18.5 Å². The lowest BCUT2D eigenvalue weighted by Gasteiger charge is -2.28. The highest BCUT2D eigenvalue weighted by atomic mass is 32.2. The monoisotopic (exact) mass is 563 g/mol. The van der Waals surface area contributed by atoms with Gasteiger partial charge in [-0.15, -0.1) is 11.3 Å². The molecule has 0 radical (unpaired) electrons. The molecule has 14 heteroatoms. The average Bonchev–Trinajstić information content (AvgIpc) is 3.42. The number of anilines is 1. The van der Waals surface area contributed by atoms with Crippen LogP contribution in [0.25, 0.3) is 0 Å². The number of carbonyl (C=O) groups excluding carboxylic acids is 4. The molecule has 0 bridgehead atoms. The number of thiophene rings is 1. The van der Waals surface area contributed by atoms with Gasteiger partial charge >= 0.3 is 6.03 Å². The maximum absolute atomic E-state index is 13.1. The maximum Gasteiger partial charge on any atom is 0.321 e. The molecule has 12 nitrogen and oxygen atoms in total. The third-order valence-electron chi connectivity index (χ3n) is 6.45. The molecule has 3 heterocycles. The number of imide groups is 1. The summed E-state index contributed by atoms with van der Waals surface area (Å²) in [6.45, 7) is 5.92. The van der Waals surface area contributed by atoms with Crippen molar-refractivity contribution >= 4 is 50.1 Å². The van der Waals surface area contributed by atoms with Gasteiger partial charge in [-0.2, -0.15) is 4.31 Å². The number of hydrogen-bond acceptors (Lipinski definition) is 8. The summed E-state index contributed by atoms with van der Waals surface area (Å²) < 4.78 is 32.8. The number of benzene rings is 1. The number of fused-ring (bicyclic) bond motifs is 1. The molecule has 1 fully saturated rings. The van der Waals surface area contributed by atoms with Crippen LogP contribution in [0.5, 0.6) is 0 Å². The Morgan fingerprint density at radius 2 is 1.76 bits per heavy atom. The van der Waals surface area contributed by atoms with E-state index in [1.807, 2.05) is 0 Å². The predicted octanol–water partition coefficient (Wildman–Crippen LogP) is 1.73. The Balaban J connectivity index is 1.60. The summed E-state index contributed by atoms with van der Waals surface area (Å²) in [5, 5.41) is 7.52. The molecule has 3 N–H and O–H groups in total. The molecule has 0 aliphatic carbocycles. The molecule has 204 valence electrons. The standard InChI is InChI=1S/C24H29N5O7S2/c1-14(30)28-10-9-17-18(11-28)37-22(19(17)21(32)27-23(33)25-4)26-20(31)15-5-7-16(8-6-15)38(34,35)29-13-36-12-24(29,2)3/h5-8H,9-13H2,1-4H3,(H,26,31)(H2,25,27,32,33). The van der Waals surface area contributed by atoms with Gasteiger partial charge in [0.2, 0.25) is 15.9 Å². The largest absolute Gasteiger partial charge is 0.363 e. The Bertz CT molecular complexity index is 1400. The van der Waals surface area contributed by atoms with Gasteiger partial charge in [-0.1, -0.05) is 0 Å². The molecular formula is C24H29N5O7S2. The molecule has 1 saturated heterocycles. The van der Waals surface area contributed by atoms with Gasteiger partial charge < -0.3 is 20.3 Å². The number of amides is 5. The van der Waals surface area contributed by atoms with Crippen LogP contribution in [-0.4, -0.2) is 73.8 Å². The molecule has 2 aliphatic rings. The summed E-state index contributed by atoms with van der Waals surface area (Å²) in [5.74, 6) is -1.34. The number of carbonyl (C=O) groups is 4. The molecular weight excluding hydrogens is 534 g/mol. The minimum atomic E-state index is -3.84. The van der Waals surface area contributed by atoms with E-state index in [1.54, 1.807) is 18.7 Å². The van der Waals surface area contributed by atoms with Crippen LogP contribution in [0.4, 0.5) is 9.80 Å². The summed E-state index contributed by atoms with van der Waals surface area (Å²) in [5.41, 5.74) is 0.313. The quantitative estimate of drug-likeness (QED) is 0.501. The first-order valence-electron chi connectivity index (χ1n) is 11.8. The first-order valence-corrected chi connectivity index (χ1v) is 14.1. The Kier molecular flexibility index (Phi) is 7.61. The molecule has 2 aromatic rings. The second-order valence-corrected chi connectivity index (χ2v) is 12.5. The van der Waals surface area contributed by atoms with Crippen LogP contribution in [0.1, 0.15) is 51.9 Å². The Hall–Kier alpha value is -3.33. The molecule has 0 unspecified atom stereocenters. The van der Waals surface area contributed by atoms with E-state index in [2.05, 4.69) is 16.0 Å². The zero-order valence-electron chi connectivity index (χ0n) is 21.4. The van der Waals surface area contributed by atoms with E-state index < -0.39 is 33.4 Å². The predicted molar refractivity (Wildman–Crippen MR) is 139 cm³/mol. The Morgan fingerprint density at radius 3 is 2.34 bits per heavy atom. The summed E-state index contributed by atoms with van der Waals surface area (Å²) in [7, 11) is -2.46. The molecule has 4 rings (SSSR count). The number of hydrogen-bond donors (Lipinski definition) is 3. The summed E-state index contributed by atoms with van der Waals surface area (Å²) >= 11 is 1.16. The molecule has 0 spiro atoms. The lowest BCUT2D eigenvalue weighted by Crippen LogP contribution is -2.44. The van der Waals surface area contributed by atoms with Crippen LogP contribution >= 0.6 is 11.3 Å². The van der Waals surface area contributed by atoms with Gasteiger partial charge in [-0.25, -0.2) is 13.2 Å². The second kappa shape index (κ2) is 10.4. The number of sulfonamides is 1. The molecule has 0 atom stereocenters. The van der Waals surface area contributed by atoms with Crippen molar-refractivity contribution in [3.63, 3.8) is 0 Å². The average molecular weight is 564 g/mol. The van der Waals surface area contributed by atoms with Crippen LogP contribution in [0, 0.1) is 0 Å². The van der Waals surface area contributed by atoms with Crippen molar-refractivity contribution in [2.24, 2.45) is 0 Å². The number of nitrogens with zero attached hydrogens (tertiary/aromatic N) is 2. The van der Waals surface area contributed by atoms with E-state index in [4.69, 9.17) is 4.74 Å². The van der Waals surface area contributed by atoms with E-state index >= 15 is 0 Å². The Morgan fingerprint density at radius 1 is 1.08 bits per heavy atom. The fourth-order valence-electron chi connectivity index (χ4n) is 4.33. The van der Waals surface area contributed by atoms with Crippen molar-refractivity contribution in [2.45, 2.75) is 44.2 Å². The molecule has 1 aromatic carbocycles. The van der Waals surface area contributed by atoms with Crippen LogP contribution in [0.2, 0.25) is 0 Å². The zero-order valence-corrected chi connectivity index (χ0v) is 23.0. The number of nitrogens with one attached hydrogen (secondary N) is 3. The van der Waals surface area contributed by atoms with Crippen LogP contribution in [0.15, 0.2) is 29.2 Å². The molecule has 38 heavy (non-hydrogen) atoms. The minimum absolute atomic E-state index is 0.0224. The lowest BCUT2D eigenvalue weighted by atomic mass is 10.0. The Labute approximate surface area is 224 Å². The van der Waals surface area contributed by atoms with E-state index in [9.17, 15) is 27.6 Å². The number of ether oxygens (including phenoxy) is 1. The molecule has 2 aliphatic heterocycles. The third kappa shape index (κ3) is 5.29. The van der Waals surface area contributed by atoms with E-state index in [1.165, 1.54) is 42.5 Å². The van der Waals surface area contributed by atoms with Crippen molar-refractivity contribution in [3.8, 4) is 0 Å². The van der Waals surface area contributed by atoms with E-state index in [0.717, 1.165) is 16.2 Å². The highest BCUT2D eigenvalue weighted by Crippen LogP contribution is 2.37. The summed E-state index contributed by atoms with van der Waals surface area (Å²) in [6, 6.07) is 4.78. The smallest absolute Gasteiger partial charge is 0.321 e. The highest BCUT2D eigenvalue weighted by Gasteiger charge is 2.42. The van der Waals surface area contributed by atoms with Crippen LogP contribution < -0.4 is 16.0 Å². The van der Waals surface area contributed by atoms with Gasteiger partial charge in [0.05, 0.1) is 29.1 Å².